The maximum atomic E-state index is 9.69. The highest BCUT2D eigenvalue weighted by atomic mass is 16.5. The lowest BCUT2D eigenvalue weighted by molar-refractivity contribution is -0.0154. The average molecular weight is 315 g/mol. The number of aromatic nitrogens is 2. The minimum Gasteiger partial charge on any atom is -0.396 e. The smallest absolute Gasteiger partial charge is 0.0659 e. The Kier molecular flexibility index (Phi) is 5.43. The number of rotatable bonds is 7. The van der Waals surface area contributed by atoms with Crippen LogP contribution in [0.25, 0.3) is 0 Å². The molecule has 2 aromatic rings. The summed E-state index contributed by atoms with van der Waals surface area (Å²) in [5.41, 5.74) is 2.38. The molecule has 0 spiro atoms. The van der Waals surface area contributed by atoms with Gasteiger partial charge in [0.2, 0.25) is 0 Å². The molecule has 0 unspecified atom stereocenters. The fourth-order valence-corrected chi connectivity index (χ4v) is 3.02. The summed E-state index contributed by atoms with van der Waals surface area (Å²) in [4.78, 5) is 0. The van der Waals surface area contributed by atoms with Crippen molar-refractivity contribution >= 4 is 0 Å². The van der Waals surface area contributed by atoms with Crippen LogP contribution >= 0.6 is 0 Å². The fraction of sp³-hybridized carbons (Fsp3) is 0.500. The molecule has 1 aromatic carbocycles. The topological polar surface area (TPSA) is 59.3 Å². The van der Waals surface area contributed by atoms with Crippen LogP contribution in [0, 0.1) is 5.41 Å². The average Bonchev–Trinajstić information content (AvgIpc) is 3.04. The second-order valence-corrected chi connectivity index (χ2v) is 6.41. The van der Waals surface area contributed by atoms with E-state index in [2.05, 4.69) is 28.7 Å². The van der Waals surface area contributed by atoms with Gasteiger partial charge in [0, 0.05) is 43.5 Å². The maximum Gasteiger partial charge on any atom is 0.0659 e. The van der Waals surface area contributed by atoms with Crippen molar-refractivity contribution in [3.8, 4) is 0 Å². The Morgan fingerprint density at radius 2 is 1.96 bits per heavy atom. The number of ether oxygens (including phenoxy) is 1. The molecule has 1 aliphatic heterocycles. The van der Waals surface area contributed by atoms with Gasteiger partial charge in [-0.3, -0.25) is 4.68 Å². The van der Waals surface area contributed by atoms with Crippen LogP contribution in [0.5, 0.6) is 0 Å². The lowest BCUT2D eigenvalue weighted by atomic mass is 9.81. The molecule has 1 aliphatic rings. The van der Waals surface area contributed by atoms with E-state index in [0.29, 0.717) is 0 Å². The van der Waals surface area contributed by atoms with Gasteiger partial charge < -0.3 is 15.2 Å². The van der Waals surface area contributed by atoms with Gasteiger partial charge in [-0.1, -0.05) is 30.3 Å². The van der Waals surface area contributed by atoms with Crippen molar-refractivity contribution in [2.24, 2.45) is 5.41 Å². The van der Waals surface area contributed by atoms with E-state index in [4.69, 9.17) is 4.74 Å². The molecule has 1 aromatic heterocycles. The van der Waals surface area contributed by atoms with E-state index in [1.807, 2.05) is 29.1 Å². The van der Waals surface area contributed by atoms with Crippen molar-refractivity contribution in [2.75, 3.05) is 26.4 Å². The van der Waals surface area contributed by atoms with Crippen LogP contribution in [0.4, 0.5) is 0 Å². The van der Waals surface area contributed by atoms with Crippen LogP contribution in [0.15, 0.2) is 42.7 Å². The molecule has 23 heavy (non-hydrogen) atoms. The zero-order valence-electron chi connectivity index (χ0n) is 13.4. The third kappa shape index (κ3) is 4.41. The van der Waals surface area contributed by atoms with Gasteiger partial charge in [0.15, 0.2) is 0 Å². The predicted octanol–water partition coefficient (Wildman–Crippen LogP) is 1.81. The van der Waals surface area contributed by atoms with E-state index in [9.17, 15) is 5.11 Å². The van der Waals surface area contributed by atoms with Crippen LogP contribution in [0.3, 0.4) is 0 Å². The number of aliphatic hydroxyl groups excluding tert-OH is 1. The Labute approximate surface area is 137 Å². The second-order valence-electron chi connectivity index (χ2n) is 6.41. The number of benzene rings is 1. The largest absolute Gasteiger partial charge is 0.396 e. The first-order valence-electron chi connectivity index (χ1n) is 8.24. The molecule has 5 nitrogen and oxygen atoms in total. The van der Waals surface area contributed by atoms with Crippen molar-refractivity contribution in [1.29, 1.82) is 0 Å². The standard InChI is InChI=1S/C18H25N3O2/c22-15-18(6-8-23-9-7-18)14-19-10-17-11-20-21(13-17)12-16-4-2-1-3-5-16/h1-5,11,13,19,22H,6-10,12,14-15H2. The molecule has 124 valence electrons. The molecule has 3 rings (SSSR count). The highest BCUT2D eigenvalue weighted by Gasteiger charge is 2.31. The van der Waals surface area contributed by atoms with E-state index >= 15 is 0 Å². The predicted molar refractivity (Wildman–Crippen MR) is 89.0 cm³/mol. The van der Waals surface area contributed by atoms with Crippen LogP contribution in [-0.2, 0) is 17.8 Å². The summed E-state index contributed by atoms with van der Waals surface area (Å²) in [6.07, 6.45) is 5.83. The number of aliphatic hydroxyl groups is 1. The monoisotopic (exact) mass is 315 g/mol. The van der Waals surface area contributed by atoms with E-state index in [1.54, 1.807) is 0 Å². The lowest BCUT2D eigenvalue weighted by Gasteiger charge is -2.35. The Bertz CT molecular complexity index is 591. The number of hydrogen-bond donors (Lipinski definition) is 2. The molecule has 1 fully saturated rings. The number of hydrogen-bond acceptors (Lipinski definition) is 4. The summed E-state index contributed by atoms with van der Waals surface area (Å²) in [5, 5.41) is 17.6. The van der Waals surface area contributed by atoms with E-state index < -0.39 is 0 Å². The maximum absolute atomic E-state index is 9.69. The summed E-state index contributed by atoms with van der Waals surface area (Å²) >= 11 is 0. The Morgan fingerprint density at radius 3 is 2.70 bits per heavy atom. The summed E-state index contributed by atoms with van der Waals surface area (Å²) in [5.74, 6) is 0. The first-order chi connectivity index (χ1) is 11.3. The Balaban J connectivity index is 1.49. The zero-order chi connectivity index (χ0) is 16.0. The SMILES string of the molecule is OCC1(CNCc2cnn(Cc3ccccc3)c2)CCOCC1. The number of nitrogens with one attached hydrogen (secondary N) is 1. The molecule has 2 N–H and O–H groups in total. The van der Waals surface area contributed by atoms with Crippen LogP contribution in [0.1, 0.15) is 24.0 Å². The third-order valence-electron chi connectivity index (χ3n) is 4.59. The Hall–Kier alpha value is -1.69. The summed E-state index contributed by atoms with van der Waals surface area (Å²) in [7, 11) is 0. The molecule has 0 aliphatic carbocycles. The molecule has 1 saturated heterocycles. The molecule has 2 heterocycles. The van der Waals surface area contributed by atoms with Crippen LogP contribution < -0.4 is 5.32 Å². The summed E-state index contributed by atoms with van der Waals surface area (Å²) < 4.78 is 7.36. The van der Waals surface area contributed by atoms with Crippen molar-refractivity contribution in [1.82, 2.24) is 15.1 Å². The first kappa shape index (κ1) is 16.2. The highest BCUT2D eigenvalue weighted by Crippen LogP contribution is 2.29. The van der Waals surface area contributed by atoms with E-state index in [-0.39, 0.29) is 12.0 Å². The molecule has 5 heteroatoms. The zero-order valence-corrected chi connectivity index (χ0v) is 13.4. The van der Waals surface area contributed by atoms with Crippen LogP contribution in [0.2, 0.25) is 0 Å². The van der Waals surface area contributed by atoms with Gasteiger partial charge in [-0.2, -0.15) is 5.10 Å². The number of nitrogens with zero attached hydrogens (tertiary/aromatic N) is 2. The van der Waals surface area contributed by atoms with E-state index in [0.717, 1.165) is 45.7 Å². The van der Waals surface area contributed by atoms with Gasteiger partial charge in [0.25, 0.3) is 0 Å². The van der Waals surface area contributed by atoms with Gasteiger partial charge in [-0.05, 0) is 18.4 Å². The fourth-order valence-electron chi connectivity index (χ4n) is 3.02. The minimum absolute atomic E-state index is 0.0295. The Morgan fingerprint density at radius 1 is 1.17 bits per heavy atom. The molecule has 0 bridgehead atoms. The van der Waals surface area contributed by atoms with E-state index in [1.165, 1.54) is 11.1 Å². The molecular weight excluding hydrogens is 290 g/mol. The van der Waals surface area contributed by atoms with Gasteiger partial charge >= 0.3 is 0 Å². The minimum atomic E-state index is -0.0295. The van der Waals surface area contributed by atoms with Gasteiger partial charge in [0.05, 0.1) is 19.3 Å². The van der Waals surface area contributed by atoms with Crippen LogP contribution in [-0.4, -0.2) is 41.3 Å². The van der Waals surface area contributed by atoms with Crippen molar-refractivity contribution in [3.63, 3.8) is 0 Å². The lowest BCUT2D eigenvalue weighted by Crippen LogP contribution is -2.41. The normalized spacial score (nSPS) is 17.3. The molecular formula is C18H25N3O2. The van der Waals surface area contributed by atoms with Crippen molar-refractivity contribution in [2.45, 2.75) is 25.9 Å². The van der Waals surface area contributed by atoms with Crippen molar-refractivity contribution in [3.05, 3.63) is 53.9 Å². The molecule has 0 amide bonds. The second kappa shape index (κ2) is 7.73. The molecule has 0 radical (unpaired) electrons. The van der Waals surface area contributed by atoms with Gasteiger partial charge in [-0.15, -0.1) is 0 Å². The van der Waals surface area contributed by atoms with Gasteiger partial charge in [-0.25, -0.2) is 0 Å². The highest BCUT2D eigenvalue weighted by molar-refractivity contribution is 5.15. The summed E-state index contributed by atoms with van der Waals surface area (Å²) in [6.45, 7) is 4.10. The third-order valence-corrected chi connectivity index (χ3v) is 4.59. The molecule has 0 atom stereocenters. The summed E-state index contributed by atoms with van der Waals surface area (Å²) in [6, 6.07) is 10.3. The van der Waals surface area contributed by atoms with Crippen molar-refractivity contribution < 1.29 is 9.84 Å². The quantitative estimate of drug-likeness (QED) is 0.818. The van der Waals surface area contributed by atoms with Gasteiger partial charge in [0.1, 0.15) is 0 Å². The first-order valence-corrected chi connectivity index (χ1v) is 8.24. The molecule has 0 saturated carbocycles.